The molecule has 0 fully saturated rings. The van der Waals surface area contributed by atoms with Gasteiger partial charge in [-0.25, -0.2) is 4.98 Å². The van der Waals surface area contributed by atoms with Crippen LogP contribution in [0.5, 0.6) is 0 Å². The molecule has 1 amide bonds. The normalized spacial score (nSPS) is 16.3. The van der Waals surface area contributed by atoms with Gasteiger partial charge in [0.15, 0.2) is 0 Å². The number of carbonyl (C=O) groups excluding carboxylic acids is 1. The molecule has 0 spiro atoms. The fourth-order valence-corrected chi connectivity index (χ4v) is 4.88. The van der Waals surface area contributed by atoms with Gasteiger partial charge >= 0.3 is 0 Å². The number of aromatic nitrogens is 1. The van der Waals surface area contributed by atoms with Crippen LogP contribution in [0.3, 0.4) is 0 Å². The van der Waals surface area contributed by atoms with Crippen LogP contribution >= 0.6 is 34.5 Å². The van der Waals surface area contributed by atoms with Gasteiger partial charge in [-0.2, -0.15) is 0 Å². The highest BCUT2D eigenvalue weighted by Crippen LogP contribution is 2.37. The molecule has 0 unspecified atom stereocenters. The summed E-state index contributed by atoms with van der Waals surface area (Å²) in [5.74, 6) is 0.397. The topological polar surface area (TPSA) is 68.0 Å². The van der Waals surface area contributed by atoms with Crippen molar-refractivity contribution in [2.75, 3.05) is 11.1 Å². The fraction of sp³-hybridized carbons (Fsp3) is 0.300. The molecule has 1 atom stereocenters. The third-order valence-electron chi connectivity index (χ3n) is 5.15. The van der Waals surface area contributed by atoms with Crippen molar-refractivity contribution < 1.29 is 4.79 Å². The van der Waals surface area contributed by atoms with E-state index in [4.69, 9.17) is 33.9 Å². The minimum Gasteiger partial charge on any atom is -0.397 e. The van der Waals surface area contributed by atoms with Gasteiger partial charge in [-0.3, -0.25) is 4.79 Å². The Morgan fingerprint density at radius 1 is 1.37 bits per heavy atom. The van der Waals surface area contributed by atoms with Crippen molar-refractivity contribution in [1.29, 1.82) is 0 Å². The van der Waals surface area contributed by atoms with Gasteiger partial charge in [0, 0.05) is 16.1 Å². The number of fused-ring (bicyclic) bond motifs is 2. The third kappa shape index (κ3) is 3.51. The van der Waals surface area contributed by atoms with Gasteiger partial charge in [0.05, 0.1) is 16.4 Å². The van der Waals surface area contributed by atoms with Gasteiger partial charge < -0.3 is 11.1 Å². The minimum absolute atomic E-state index is 0.302. The Labute approximate surface area is 171 Å². The zero-order valence-electron chi connectivity index (χ0n) is 14.8. The van der Waals surface area contributed by atoms with Gasteiger partial charge in [-0.1, -0.05) is 36.5 Å². The van der Waals surface area contributed by atoms with Crippen LogP contribution in [0.15, 0.2) is 24.3 Å². The number of thiophene rings is 1. The number of hydrogen-bond acceptors (Lipinski definition) is 4. The highest BCUT2D eigenvalue weighted by atomic mass is 35.5. The molecule has 1 aliphatic rings. The molecule has 7 heteroatoms. The molecule has 0 aliphatic heterocycles. The maximum absolute atomic E-state index is 12.8. The van der Waals surface area contributed by atoms with Crippen LogP contribution in [-0.4, -0.2) is 10.9 Å². The van der Waals surface area contributed by atoms with Crippen molar-refractivity contribution >= 4 is 62.0 Å². The number of carbonyl (C=O) groups is 1. The summed E-state index contributed by atoms with van der Waals surface area (Å²) < 4.78 is 0. The second-order valence-corrected chi connectivity index (χ2v) is 8.73. The van der Waals surface area contributed by atoms with E-state index in [-0.39, 0.29) is 5.91 Å². The lowest BCUT2D eigenvalue weighted by Crippen LogP contribution is -2.14. The van der Waals surface area contributed by atoms with Crippen LogP contribution < -0.4 is 11.1 Å². The predicted molar refractivity (Wildman–Crippen MR) is 114 cm³/mol. The summed E-state index contributed by atoms with van der Waals surface area (Å²) in [6.45, 7) is 2.23. The summed E-state index contributed by atoms with van der Waals surface area (Å²) in [6.07, 6.45) is 4.36. The van der Waals surface area contributed by atoms with E-state index in [9.17, 15) is 4.79 Å². The molecule has 0 saturated heterocycles. The number of nitrogens with two attached hydrogens (primary N) is 1. The fourth-order valence-electron chi connectivity index (χ4n) is 3.56. The van der Waals surface area contributed by atoms with Gasteiger partial charge in [0.1, 0.15) is 9.71 Å². The highest BCUT2D eigenvalue weighted by molar-refractivity contribution is 7.21. The summed E-state index contributed by atoms with van der Waals surface area (Å²) in [4.78, 5) is 18.8. The van der Waals surface area contributed by atoms with E-state index in [1.54, 1.807) is 18.2 Å². The molecule has 140 valence electrons. The lowest BCUT2D eigenvalue weighted by atomic mass is 9.85. The van der Waals surface area contributed by atoms with Crippen molar-refractivity contribution in [1.82, 2.24) is 4.98 Å². The first-order valence-electron chi connectivity index (χ1n) is 8.93. The molecular weight excluding hydrogens is 401 g/mol. The molecule has 1 aromatic carbocycles. The van der Waals surface area contributed by atoms with E-state index in [0.717, 1.165) is 28.8 Å². The monoisotopic (exact) mass is 419 g/mol. The second kappa shape index (κ2) is 7.30. The Balaban J connectivity index is 1.69. The molecule has 0 saturated carbocycles. The van der Waals surface area contributed by atoms with E-state index in [1.165, 1.54) is 29.7 Å². The number of pyridine rings is 1. The number of amides is 1. The van der Waals surface area contributed by atoms with E-state index >= 15 is 0 Å². The first-order chi connectivity index (χ1) is 13.0. The summed E-state index contributed by atoms with van der Waals surface area (Å²) in [6, 6.07) is 7.06. The summed E-state index contributed by atoms with van der Waals surface area (Å²) >= 11 is 13.5. The number of hydrogen-bond donors (Lipinski definition) is 2. The number of halogens is 2. The molecule has 0 bridgehead atoms. The van der Waals surface area contributed by atoms with Crippen LogP contribution in [0.1, 0.15) is 40.7 Å². The average Bonchev–Trinajstić information content (AvgIpc) is 2.98. The Morgan fingerprint density at radius 3 is 2.96 bits per heavy atom. The zero-order valence-corrected chi connectivity index (χ0v) is 17.1. The maximum atomic E-state index is 12.8. The van der Waals surface area contributed by atoms with Crippen LogP contribution in [0.2, 0.25) is 10.0 Å². The van der Waals surface area contributed by atoms with Crippen molar-refractivity contribution in [3.8, 4) is 0 Å². The highest BCUT2D eigenvalue weighted by Gasteiger charge is 2.23. The van der Waals surface area contributed by atoms with Crippen molar-refractivity contribution in [3.63, 3.8) is 0 Å². The van der Waals surface area contributed by atoms with Crippen molar-refractivity contribution in [2.45, 2.75) is 32.6 Å². The number of benzene rings is 1. The SMILES string of the molecule is CC[C@H]1CCc2nc3sc(C(=O)Nc4cc(Cl)ccc4Cl)c(N)c3cc2C1. The standard InChI is InChI=1S/C20H19Cl2N3OS/c1-2-10-3-6-15-11(7-10)8-13-17(23)18(27-20(13)25-15)19(26)24-16-9-12(21)4-5-14(16)22/h4-5,8-10H,2-3,6-7,23H2,1H3,(H,24,26)/t10-/m0/s1. The summed E-state index contributed by atoms with van der Waals surface area (Å²) in [7, 11) is 0. The largest absolute Gasteiger partial charge is 0.397 e. The first kappa shape index (κ1) is 18.5. The average molecular weight is 420 g/mol. The number of aryl methyl sites for hydroxylation is 1. The van der Waals surface area contributed by atoms with Gasteiger partial charge in [-0.15, -0.1) is 11.3 Å². The zero-order chi connectivity index (χ0) is 19.1. The number of nitrogen functional groups attached to an aromatic ring is 1. The third-order valence-corrected chi connectivity index (χ3v) is 6.83. The van der Waals surface area contributed by atoms with Crippen LogP contribution in [-0.2, 0) is 12.8 Å². The molecule has 4 nitrogen and oxygen atoms in total. The van der Waals surface area contributed by atoms with Crippen molar-refractivity contribution in [3.05, 3.63) is 50.4 Å². The number of anilines is 2. The Hall–Kier alpha value is -1.82. The molecular formula is C20H19Cl2N3OS. The van der Waals surface area contributed by atoms with Gasteiger partial charge in [0.2, 0.25) is 0 Å². The molecule has 4 rings (SSSR count). The smallest absolute Gasteiger partial charge is 0.267 e. The van der Waals surface area contributed by atoms with E-state index in [1.807, 2.05) is 0 Å². The first-order valence-corrected chi connectivity index (χ1v) is 10.5. The molecule has 3 N–H and O–H groups in total. The van der Waals surface area contributed by atoms with Crippen LogP contribution in [0.4, 0.5) is 11.4 Å². The second-order valence-electron chi connectivity index (χ2n) is 6.89. The van der Waals surface area contributed by atoms with E-state index in [0.29, 0.717) is 32.2 Å². The number of rotatable bonds is 3. The lowest BCUT2D eigenvalue weighted by molar-refractivity contribution is 0.103. The minimum atomic E-state index is -0.302. The molecule has 2 heterocycles. The molecule has 27 heavy (non-hydrogen) atoms. The van der Waals surface area contributed by atoms with E-state index < -0.39 is 0 Å². The van der Waals surface area contributed by atoms with Crippen LogP contribution in [0.25, 0.3) is 10.2 Å². The lowest BCUT2D eigenvalue weighted by Gasteiger charge is -2.22. The predicted octanol–water partition coefficient (Wildman–Crippen LogP) is 5.95. The van der Waals surface area contributed by atoms with E-state index in [2.05, 4.69) is 18.3 Å². The van der Waals surface area contributed by atoms with Crippen molar-refractivity contribution in [2.24, 2.45) is 5.92 Å². The Morgan fingerprint density at radius 2 is 2.19 bits per heavy atom. The van der Waals surface area contributed by atoms with Gasteiger partial charge in [0.25, 0.3) is 5.91 Å². The number of nitrogens with one attached hydrogen (secondary N) is 1. The Bertz CT molecular complexity index is 1050. The maximum Gasteiger partial charge on any atom is 0.267 e. The molecule has 3 aromatic rings. The molecule has 0 radical (unpaired) electrons. The number of nitrogens with zero attached hydrogens (tertiary/aromatic N) is 1. The van der Waals surface area contributed by atoms with Gasteiger partial charge in [-0.05, 0) is 55.0 Å². The molecule has 2 aromatic heterocycles. The molecule has 1 aliphatic carbocycles. The van der Waals surface area contributed by atoms with Crippen LogP contribution in [0, 0.1) is 5.92 Å². The quantitative estimate of drug-likeness (QED) is 0.550. The Kier molecular flexibility index (Phi) is 5.01. The summed E-state index contributed by atoms with van der Waals surface area (Å²) in [5.41, 5.74) is 9.64. The summed E-state index contributed by atoms with van der Waals surface area (Å²) in [5, 5.41) is 4.58.